The van der Waals surface area contributed by atoms with Gasteiger partial charge in [-0.3, -0.25) is 0 Å². The van der Waals surface area contributed by atoms with Gasteiger partial charge < -0.3 is 0 Å². The maximum Gasteiger partial charge on any atom is 0.0925 e. The number of benzene rings is 1. The van der Waals surface area contributed by atoms with Gasteiger partial charge in [0.25, 0.3) is 0 Å². The second kappa shape index (κ2) is 3.69. The third-order valence-corrected chi connectivity index (χ3v) is 2.82. The number of hydrogen-bond donors (Lipinski definition) is 0. The highest BCUT2D eigenvalue weighted by atomic mass is 16.3. The van der Waals surface area contributed by atoms with Gasteiger partial charge in [-0.05, 0) is 30.7 Å². The topological polar surface area (TPSA) is 29.4 Å². The van der Waals surface area contributed by atoms with Crippen LogP contribution in [-0.4, -0.2) is 6.04 Å². The predicted octanol–water partition coefficient (Wildman–Crippen LogP) is 3.09. The van der Waals surface area contributed by atoms with Crippen molar-refractivity contribution in [2.24, 2.45) is 5.18 Å². The van der Waals surface area contributed by atoms with Gasteiger partial charge in [0.15, 0.2) is 0 Å². The molecule has 2 rings (SSSR count). The normalized spacial score (nSPS) is 27.4. The Labute approximate surface area is 77.9 Å². The molecule has 1 fully saturated rings. The Morgan fingerprint density at radius 1 is 1.15 bits per heavy atom. The molecule has 13 heavy (non-hydrogen) atoms. The molecule has 0 saturated heterocycles. The third-order valence-electron chi connectivity index (χ3n) is 2.82. The van der Waals surface area contributed by atoms with Crippen LogP contribution in [0.1, 0.15) is 30.7 Å². The van der Waals surface area contributed by atoms with Crippen molar-refractivity contribution in [3.63, 3.8) is 0 Å². The van der Waals surface area contributed by atoms with Crippen LogP contribution in [0, 0.1) is 4.91 Å². The smallest absolute Gasteiger partial charge is 0.0925 e. The quantitative estimate of drug-likeness (QED) is 0.635. The molecule has 2 nitrogen and oxygen atoms in total. The van der Waals surface area contributed by atoms with E-state index in [1.807, 2.05) is 6.07 Å². The zero-order valence-corrected chi connectivity index (χ0v) is 7.52. The van der Waals surface area contributed by atoms with Crippen LogP contribution in [0.15, 0.2) is 35.5 Å². The van der Waals surface area contributed by atoms with Crippen LogP contribution in [0.3, 0.4) is 0 Å². The van der Waals surface area contributed by atoms with Crippen molar-refractivity contribution in [3.8, 4) is 0 Å². The van der Waals surface area contributed by atoms with Crippen molar-refractivity contribution in [3.05, 3.63) is 40.8 Å². The zero-order chi connectivity index (χ0) is 9.10. The Hall–Kier alpha value is -1.18. The van der Waals surface area contributed by atoms with E-state index in [0.29, 0.717) is 5.92 Å². The van der Waals surface area contributed by atoms with Crippen LogP contribution in [0.4, 0.5) is 0 Å². The monoisotopic (exact) mass is 175 g/mol. The summed E-state index contributed by atoms with van der Waals surface area (Å²) in [6.07, 6.45) is 3.01. The average molecular weight is 175 g/mol. The number of nitroso groups, excluding NO2 is 1. The lowest BCUT2D eigenvalue weighted by molar-refractivity contribution is 0.672. The van der Waals surface area contributed by atoms with Crippen LogP contribution in [0.5, 0.6) is 0 Å². The second-order valence-electron chi connectivity index (χ2n) is 3.68. The van der Waals surface area contributed by atoms with Crippen molar-refractivity contribution in [1.82, 2.24) is 0 Å². The molecule has 1 aromatic carbocycles. The molecule has 0 spiro atoms. The van der Waals surface area contributed by atoms with Gasteiger partial charge in [-0.15, -0.1) is 0 Å². The molecule has 1 aromatic rings. The molecule has 0 amide bonds. The van der Waals surface area contributed by atoms with E-state index >= 15 is 0 Å². The number of nitrogens with zero attached hydrogens (tertiary/aromatic N) is 1. The Balaban J connectivity index is 2.08. The van der Waals surface area contributed by atoms with Gasteiger partial charge in [0.1, 0.15) is 0 Å². The lowest BCUT2D eigenvalue weighted by Crippen LogP contribution is -1.96. The second-order valence-corrected chi connectivity index (χ2v) is 3.68. The van der Waals surface area contributed by atoms with Gasteiger partial charge in [-0.1, -0.05) is 35.5 Å². The minimum atomic E-state index is 0.0604. The molecule has 0 bridgehead atoms. The van der Waals surface area contributed by atoms with E-state index in [2.05, 4.69) is 29.4 Å². The zero-order valence-electron chi connectivity index (χ0n) is 7.52. The summed E-state index contributed by atoms with van der Waals surface area (Å²) in [4.78, 5) is 10.3. The van der Waals surface area contributed by atoms with E-state index in [1.54, 1.807) is 0 Å². The van der Waals surface area contributed by atoms with Crippen LogP contribution < -0.4 is 0 Å². The summed E-state index contributed by atoms with van der Waals surface area (Å²) >= 11 is 0. The first kappa shape index (κ1) is 8.42. The van der Waals surface area contributed by atoms with Crippen molar-refractivity contribution >= 4 is 0 Å². The molecule has 0 N–H and O–H groups in total. The highest BCUT2D eigenvalue weighted by molar-refractivity contribution is 5.20. The molecule has 2 atom stereocenters. The molecule has 1 aliphatic rings. The van der Waals surface area contributed by atoms with Crippen LogP contribution >= 0.6 is 0 Å². The first-order valence-corrected chi connectivity index (χ1v) is 4.77. The summed E-state index contributed by atoms with van der Waals surface area (Å²) in [6, 6.07) is 10.5. The SMILES string of the molecule is O=NC1CCC(c2ccccc2)C1. The van der Waals surface area contributed by atoms with E-state index in [9.17, 15) is 4.91 Å². The van der Waals surface area contributed by atoms with E-state index < -0.39 is 0 Å². The molecule has 2 heteroatoms. The summed E-state index contributed by atoms with van der Waals surface area (Å²) in [5, 5.41) is 3.11. The van der Waals surface area contributed by atoms with Crippen LogP contribution in [0.25, 0.3) is 0 Å². The van der Waals surface area contributed by atoms with Crippen LogP contribution in [-0.2, 0) is 0 Å². The van der Waals surface area contributed by atoms with Crippen molar-refractivity contribution in [1.29, 1.82) is 0 Å². The average Bonchev–Trinajstić information content (AvgIpc) is 2.67. The molecule has 0 aromatic heterocycles. The maximum absolute atomic E-state index is 10.3. The summed E-state index contributed by atoms with van der Waals surface area (Å²) in [6.45, 7) is 0. The van der Waals surface area contributed by atoms with Crippen molar-refractivity contribution < 1.29 is 0 Å². The van der Waals surface area contributed by atoms with Gasteiger partial charge in [0.05, 0.1) is 6.04 Å². The summed E-state index contributed by atoms with van der Waals surface area (Å²) in [5.74, 6) is 0.559. The van der Waals surface area contributed by atoms with Gasteiger partial charge in [-0.2, -0.15) is 4.91 Å². The largest absolute Gasteiger partial charge is 0.151 e. The first-order chi connectivity index (χ1) is 6.40. The number of rotatable bonds is 2. The van der Waals surface area contributed by atoms with E-state index in [0.717, 1.165) is 19.3 Å². The van der Waals surface area contributed by atoms with E-state index in [-0.39, 0.29) is 6.04 Å². The fourth-order valence-electron chi connectivity index (χ4n) is 2.08. The van der Waals surface area contributed by atoms with Crippen molar-refractivity contribution in [2.45, 2.75) is 31.2 Å². The van der Waals surface area contributed by atoms with Gasteiger partial charge in [0, 0.05) is 0 Å². The molecule has 0 aliphatic heterocycles. The Kier molecular flexibility index (Phi) is 2.39. The molecule has 2 unspecified atom stereocenters. The lowest BCUT2D eigenvalue weighted by Gasteiger charge is -2.07. The highest BCUT2D eigenvalue weighted by Gasteiger charge is 2.25. The maximum atomic E-state index is 10.3. The highest BCUT2D eigenvalue weighted by Crippen LogP contribution is 2.35. The fraction of sp³-hybridized carbons (Fsp3) is 0.455. The molecule has 68 valence electrons. The standard InChI is InChI=1S/C11H13NO/c13-12-11-7-6-10(8-11)9-4-2-1-3-5-9/h1-5,10-11H,6-8H2. The number of hydrogen-bond acceptors (Lipinski definition) is 2. The van der Waals surface area contributed by atoms with Gasteiger partial charge in [-0.25, -0.2) is 0 Å². The summed E-state index contributed by atoms with van der Waals surface area (Å²) < 4.78 is 0. The summed E-state index contributed by atoms with van der Waals surface area (Å²) in [5.41, 5.74) is 1.36. The molecule has 1 saturated carbocycles. The third kappa shape index (κ3) is 1.77. The van der Waals surface area contributed by atoms with Gasteiger partial charge >= 0.3 is 0 Å². The molecule has 1 aliphatic carbocycles. The van der Waals surface area contributed by atoms with Crippen LogP contribution in [0.2, 0.25) is 0 Å². The molecular weight excluding hydrogens is 162 g/mol. The van der Waals surface area contributed by atoms with E-state index in [1.165, 1.54) is 5.56 Å². The molecule has 0 heterocycles. The molecule has 0 radical (unpaired) electrons. The lowest BCUT2D eigenvalue weighted by atomic mass is 9.98. The van der Waals surface area contributed by atoms with Crippen molar-refractivity contribution in [2.75, 3.05) is 0 Å². The predicted molar refractivity (Wildman–Crippen MR) is 52.6 cm³/mol. The fourth-order valence-corrected chi connectivity index (χ4v) is 2.08. The minimum Gasteiger partial charge on any atom is -0.151 e. The minimum absolute atomic E-state index is 0.0604. The Morgan fingerprint density at radius 2 is 1.92 bits per heavy atom. The molecular formula is C11H13NO. The Bertz CT molecular complexity index is 283. The Morgan fingerprint density at radius 3 is 2.54 bits per heavy atom. The summed E-state index contributed by atoms with van der Waals surface area (Å²) in [7, 11) is 0. The van der Waals surface area contributed by atoms with Gasteiger partial charge in [0.2, 0.25) is 0 Å². The van der Waals surface area contributed by atoms with E-state index in [4.69, 9.17) is 0 Å². The first-order valence-electron chi connectivity index (χ1n) is 4.77.